The minimum atomic E-state index is -0.430. The Morgan fingerprint density at radius 3 is 0.979 bits per heavy atom. The molecule has 0 aliphatic carbocycles. The molecule has 3 aliphatic rings. The first-order valence-electron chi connectivity index (χ1n) is 49.8. The summed E-state index contributed by atoms with van der Waals surface area (Å²) in [6, 6.07) is 156. The summed E-state index contributed by atoms with van der Waals surface area (Å²) < 4.78 is 7.68. The van der Waals surface area contributed by atoms with E-state index in [1.807, 2.05) is 11.3 Å². The quantitative estimate of drug-likeness (QED) is 0.141. The molecule has 22 aromatic rings. The predicted molar refractivity (Wildman–Crippen MR) is 603 cm³/mol. The smallest absolute Gasteiger partial charge is 0.252 e. The number of para-hydroxylation sites is 2. The van der Waals surface area contributed by atoms with Crippen LogP contribution in [0, 0.1) is 0 Å². The topological polar surface area (TPSA) is 16.3 Å². The van der Waals surface area contributed by atoms with E-state index in [4.69, 9.17) is 0 Å². The highest BCUT2D eigenvalue weighted by Crippen LogP contribution is 2.58. The zero-order valence-electron chi connectivity index (χ0n) is 82.4. The van der Waals surface area contributed by atoms with Crippen LogP contribution < -0.4 is 26.2 Å². The van der Waals surface area contributed by atoms with Gasteiger partial charge in [0.1, 0.15) is 0 Å². The van der Waals surface area contributed by atoms with Gasteiger partial charge in [-0.05, 0) is 306 Å². The zero-order chi connectivity index (χ0) is 95.5. The number of hydrogen-bond acceptors (Lipinski definition) is 3. The molecule has 0 unspecified atom stereocenters. The summed E-state index contributed by atoms with van der Waals surface area (Å²) in [5.41, 5.74) is 45.2. The van der Waals surface area contributed by atoms with Crippen LogP contribution in [0.2, 0.25) is 0 Å². The minimum absolute atomic E-state index is 0.272. The van der Waals surface area contributed by atoms with Crippen LogP contribution in [-0.2, 0) is 27.1 Å². The van der Waals surface area contributed by atoms with Crippen molar-refractivity contribution in [2.24, 2.45) is 0 Å². The van der Waals surface area contributed by atoms with Crippen LogP contribution in [0.3, 0.4) is 0 Å². The molecule has 0 amide bonds. The first-order chi connectivity index (χ1) is 67.5. The highest BCUT2D eigenvalue weighted by Gasteiger charge is 2.48. The van der Waals surface area contributed by atoms with Crippen LogP contribution in [0.1, 0.15) is 132 Å². The Bertz CT molecular complexity index is 8870. The molecule has 0 radical (unpaired) electrons. The lowest BCUT2D eigenvalue weighted by molar-refractivity contribution is 0.589. The van der Waals surface area contributed by atoms with E-state index in [9.17, 15) is 0 Å². The molecular weight excluding hydrogens is 1710 g/mol. The van der Waals surface area contributed by atoms with Crippen LogP contribution in [0.25, 0.3) is 186 Å². The van der Waals surface area contributed by atoms with E-state index in [-0.39, 0.29) is 28.4 Å². The van der Waals surface area contributed by atoms with Gasteiger partial charge in [-0.2, -0.15) is 0 Å². The minimum Gasteiger partial charge on any atom is -0.310 e. The Kier molecular flexibility index (Phi) is 19.8. The number of thiophene rings is 1. The fourth-order valence-electron chi connectivity index (χ4n) is 22.9. The van der Waals surface area contributed by atoms with Crippen molar-refractivity contribution in [1.82, 2.24) is 9.13 Å². The van der Waals surface area contributed by atoms with E-state index < -0.39 is 5.41 Å². The number of anilines is 6. The van der Waals surface area contributed by atoms with Gasteiger partial charge in [-0.3, -0.25) is 0 Å². The van der Waals surface area contributed by atoms with Gasteiger partial charge in [-0.25, -0.2) is 0 Å². The van der Waals surface area contributed by atoms with E-state index in [1.54, 1.807) is 0 Å². The summed E-state index contributed by atoms with van der Waals surface area (Å²) in [4.78, 5) is 5.64. The number of hydrogen-bond donors (Lipinski definition) is 0. The van der Waals surface area contributed by atoms with E-state index in [0.717, 1.165) is 101 Å². The molecule has 0 saturated heterocycles. The van der Waals surface area contributed by atoms with Crippen molar-refractivity contribution < 1.29 is 0 Å². The third-order valence-corrected chi connectivity index (χ3v) is 31.5. The molecule has 0 N–H and O–H groups in total. The maximum Gasteiger partial charge on any atom is 0.252 e. The van der Waals surface area contributed by atoms with Gasteiger partial charge in [0, 0.05) is 98.1 Å². The van der Waals surface area contributed by atoms with E-state index >= 15 is 0 Å². The molecule has 0 saturated carbocycles. The molecule has 4 nitrogen and oxygen atoms in total. The highest BCUT2D eigenvalue weighted by atomic mass is 32.1. The van der Waals surface area contributed by atoms with Crippen LogP contribution in [-0.4, -0.2) is 15.8 Å². The monoisotopic (exact) mass is 1820 g/mol. The molecule has 0 atom stereocenters. The molecule has 0 spiro atoms. The summed E-state index contributed by atoms with van der Waals surface area (Å²) in [5, 5.41) is 7.30. The normalized spacial score (nSPS) is 13.1. The molecule has 6 heteroatoms. The summed E-state index contributed by atoms with van der Waals surface area (Å²) in [5.74, 6) is 0. The Morgan fingerprint density at radius 1 is 0.200 bits per heavy atom. The molecule has 140 heavy (non-hydrogen) atoms. The third kappa shape index (κ3) is 14.4. The lowest BCUT2D eigenvalue weighted by atomic mass is 9.33. The fourth-order valence-corrected chi connectivity index (χ4v) is 23.9. The SMILES string of the molecule is CC(C)(C)c1cc2cc(c1)-c1cc(C(C)(C)C)cc(-c3ccccc3)c1N1c3cc(-n4c5ccccc5c5cc(-c6cccc(-c7ccccc7)c6)ccc54)ccc3B3c4ccc(-n5c6ccccc6c6cc(-c7cccc(-c8ccccc8)c7)ccc65)cc4N(c4cc(C(C)(C)C)cc1c43)c1c(-c3ccccc3)cc(C(C)(C)C)cc1-c1cc(ccc1C(C)(C)C)-c1ccc3sc4ccc-2cc4c3c1. The van der Waals surface area contributed by atoms with E-state index in [0.29, 0.717) is 0 Å². The van der Waals surface area contributed by atoms with Crippen LogP contribution >= 0.6 is 11.3 Å². The lowest BCUT2D eigenvalue weighted by Gasteiger charge is -2.47. The maximum absolute atomic E-state index is 2.82. The second-order valence-corrected chi connectivity index (χ2v) is 45.6. The Balaban J connectivity index is 0.856. The molecule has 19 aromatic carbocycles. The molecule has 676 valence electrons. The average molecular weight is 1820 g/mol. The number of rotatable bonds is 8. The van der Waals surface area contributed by atoms with Gasteiger partial charge in [0.25, 0.3) is 6.71 Å². The Morgan fingerprint density at radius 2 is 0.529 bits per heavy atom. The van der Waals surface area contributed by atoms with E-state index in [1.165, 1.54) is 164 Å². The standard InChI is InChI=1S/C134H111BN4S/c1-130(2,3)97-67-95-66-96(68-97)107-76-98(131(4,5)6)74-105(84-38-24-18-25-39-84)128(107)138-121-80-101(136-117-48-30-28-46-103(117)109-70-91(51-60-119(109)136)88-44-32-42-86(64-88)82-34-20-16-21-35-82)55-58-115(121)135-116-59-56-102(137-118-49-31-29-47-104(118)110-71-92(52-61-120(110)137)89-45-33-43-87(65-89)83-36-22-17-23-37-83)81-122(116)139(124-79-100(133(10,11)12)78-123(138)127(124)135)129-106(85-40-26-19-27-41-85)75-99(132(7,8)9)77-113(129)108-69-90(50-57-114(108)134(13,14)15)93-53-62-125-111(72-93)112-73-94(95)54-63-126(112)140-125/h16-81H,1-15H3. The Labute approximate surface area is 826 Å². The third-order valence-electron chi connectivity index (χ3n) is 30.3. The van der Waals surface area contributed by atoms with Gasteiger partial charge >= 0.3 is 0 Å². The van der Waals surface area contributed by atoms with Gasteiger partial charge < -0.3 is 18.9 Å². The Hall–Kier alpha value is -15.3. The van der Waals surface area contributed by atoms with Gasteiger partial charge in [0.05, 0.1) is 33.4 Å². The van der Waals surface area contributed by atoms with Crippen molar-refractivity contribution in [1.29, 1.82) is 0 Å². The second kappa shape index (κ2) is 32.1. The summed E-state index contributed by atoms with van der Waals surface area (Å²) in [6.45, 7) is 35.9. The molecule has 6 heterocycles. The molecule has 3 aromatic heterocycles. The second-order valence-electron chi connectivity index (χ2n) is 44.5. The molecule has 13 bridgehead atoms. The van der Waals surface area contributed by atoms with Crippen molar-refractivity contribution >= 4 is 132 Å². The summed E-state index contributed by atoms with van der Waals surface area (Å²) >= 11 is 1.89. The van der Waals surface area contributed by atoms with Gasteiger partial charge in [-0.15, -0.1) is 11.3 Å². The first kappa shape index (κ1) is 86.3. The average Bonchev–Trinajstić information content (AvgIpc) is 0.822. The van der Waals surface area contributed by atoms with Crippen molar-refractivity contribution in [3.63, 3.8) is 0 Å². The zero-order valence-corrected chi connectivity index (χ0v) is 83.2. The number of benzene rings is 19. The van der Waals surface area contributed by atoms with Gasteiger partial charge in [0.2, 0.25) is 0 Å². The highest BCUT2D eigenvalue weighted by molar-refractivity contribution is 7.25. The van der Waals surface area contributed by atoms with E-state index in [2.05, 4.69) is 523 Å². The van der Waals surface area contributed by atoms with Crippen molar-refractivity contribution in [3.05, 3.63) is 428 Å². The number of aromatic nitrogens is 2. The first-order valence-corrected chi connectivity index (χ1v) is 50.6. The number of nitrogens with zero attached hydrogens (tertiary/aromatic N) is 4. The molecule has 0 fully saturated rings. The van der Waals surface area contributed by atoms with Crippen molar-refractivity contribution in [2.45, 2.75) is 131 Å². The molecule has 25 rings (SSSR count). The van der Waals surface area contributed by atoms with Crippen molar-refractivity contribution in [3.8, 4) is 123 Å². The largest absolute Gasteiger partial charge is 0.310 e. The van der Waals surface area contributed by atoms with Gasteiger partial charge in [-0.1, -0.05) is 359 Å². The molecule has 3 aliphatic heterocycles. The fraction of sp³-hybridized carbons (Fsp3) is 0.149. The van der Waals surface area contributed by atoms with Gasteiger partial charge in [0.15, 0.2) is 0 Å². The van der Waals surface area contributed by atoms with Crippen LogP contribution in [0.4, 0.5) is 34.1 Å². The summed E-state index contributed by atoms with van der Waals surface area (Å²) in [6.07, 6.45) is 0. The summed E-state index contributed by atoms with van der Waals surface area (Å²) in [7, 11) is 0. The van der Waals surface area contributed by atoms with Crippen LogP contribution in [0.15, 0.2) is 400 Å². The lowest BCUT2D eigenvalue weighted by Crippen LogP contribution is -2.61. The maximum atomic E-state index is 2.82. The van der Waals surface area contributed by atoms with Crippen LogP contribution in [0.5, 0.6) is 0 Å². The van der Waals surface area contributed by atoms with Crippen molar-refractivity contribution in [2.75, 3.05) is 9.80 Å². The predicted octanol–water partition coefficient (Wildman–Crippen LogP) is 35.8. The number of fused-ring (bicyclic) bond motifs is 26. The molecular formula is C134H111BN4S.